The van der Waals surface area contributed by atoms with Gasteiger partial charge >= 0.3 is 5.97 Å². The minimum Gasteiger partial charge on any atom is -0.461 e. The quantitative estimate of drug-likeness (QED) is 0.722. The summed E-state index contributed by atoms with van der Waals surface area (Å²) < 4.78 is 4.83. The normalized spacial score (nSPS) is 11.9. The Kier molecular flexibility index (Phi) is 6.32. The molecule has 1 aromatic heterocycles. The Bertz CT molecular complexity index is 517. The van der Waals surface area contributed by atoms with Crippen molar-refractivity contribution in [2.24, 2.45) is 5.92 Å². The molecule has 1 unspecified atom stereocenters. The van der Waals surface area contributed by atoms with Crippen LogP contribution in [0.2, 0.25) is 0 Å². The van der Waals surface area contributed by atoms with Gasteiger partial charge in [-0.05, 0) is 19.3 Å². The summed E-state index contributed by atoms with van der Waals surface area (Å²) >= 11 is 1.14. The van der Waals surface area contributed by atoms with Crippen LogP contribution in [0, 0.1) is 17.2 Å². The lowest BCUT2D eigenvalue weighted by molar-refractivity contribution is -0.119. The highest BCUT2D eigenvalue weighted by Gasteiger charge is 2.24. The summed E-state index contributed by atoms with van der Waals surface area (Å²) in [6.07, 6.45) is 1.09. The van der Waals surface area contributed by atoms with E-state index in [9.17, 15) is 9.59 Å². The highest BCUT2D eigenvalue weighted by Crippen LogP contribution is 2.23. The van der Waals surface area contributed by atoms with Gasteiger partial charge in [-0.25, -0.2) is 9.78 Å². The lowest BCUT2D eigenvalue weighted by Crippen LogP contribution is -2.12. The number of aromatic nitrogens is 1. The van der Waals surface area contributed by atoms with E-state index in [1.165, 1.54) is 5.38 Å². The number of ether oxygens (including phenoxy) is 1. The summed E-state index contributed by atoms with van der Waals surface area (Å²) in [5.74, 6) is -1.15. The molecule has 0 aliphatic heterocycles. The van der Waals surface area contributed by atoms with Crippen LogP contribution in [-0.4, -0.2) is 23.3 Å². The average molecular weight is 294 g/mol. The highest BCUT2D eigenvalue weighted by molar-refractivity contribution is 7.10. The highest BCUT2D eigenvalue weighted by atomic mass is 32.1. The average Bonchev–Trinajstić information content (AvgIpc) is 2.87. The maximum absolute atomic E-state index is 12.0. The van der Waals surface area contributed by atoms with E-state index in [4.69, 9.17) is 10.00 Å². The summed E-state index contributed by atoms with van der Waals surface area (Å²) in [5, 5.41) is 11.0. The van der Waals surface area contributed by atoms with E-state index >= 15 is 0 Å². The Hall–Kier alpha value is -1.74. The summed E-state index contributed by atoms with van der Waals surface area (Å²) in [6.45, 7) is 6.02. The Morgan fingerprint density at radius 1 is 1.50 bits per heavy atom. The summed E-state index contributed by atoms with van der Waals surface area (Å²) in [4.78, 5) is 27.6. The van der Waals surface area contributed by atoms with Crippen LogP contribution >= 0.6 is 11.3 Å². The number of rotatable bonds is 7. The van der Waals surface area contributed by atoms with Gasteiger partial charge in [0.1, 0.15) is 5.01 Å². The van der Waals surface area contributed by atoms with Gasteiger partial charge in [0.05, 0.1) is 12.7 Å². The van der Waals surface area contributed by atoms with E-state index in [1.807, 2.05) is 19.9 Å². The van der Waals surface area contributed by atoms with Gasteiger partial charge in [0.25, 0.3) is 0 Å². The van der Waals surface area contributed by atoms with E-state index < -0.39 is 11.9 Å². The van der Waals surface area contributed by atoms with Crippen molar-refractivity contribution in [1.29, 1.82) is 5.26 Å². The second kappa shape index (κ2) is 7.75. The van der Waals surface area contributed by atoms with E-state index in [2.05, 4.69) is 4.98 Å². The number of esters is 1. The lowest BCUT2D eigenvalue weighted by Gasteiger charge is -2.06. The minimum absolute atomic E-state index is 0.147. The molecule has 0 saturated heterocycles. The number of carbonyl (C=O) groups excluding carboxylic acids is 2. The first-order valence-corrected chi connectivity index (χ1v) is 7.42. The predicted molar refractivity (Wildman–Crippen MR) is 75.5 cm³/mol. The van der Waals surface area contributed by atoms with Crippen molar-refractivity contribution in [3.63, 3.8) is 0 Å². The number of Topliss-reactive ketones (excluding diaryl/α,β-unsaturated/α-hetero) is 1. The number of thiazole rings is 1. The number of ketones is 1. The number of nitriles is 1. The van der Waals surface area contributed by atoms with Crippen LogP contribution in [0.15, 0.2) is 5.38 Å². The molecule has 1 atom stereocenters. The molecule has 0 saturated carbocycles. The molecule has 20 heavy (non-hydrogen) atoms. The fourth-order valence-corrected chi connectivity index (χ4v) is 2.41. The van der Waals surface area contributed by atoms with Crippen LogP contribution in [0.3, 0.4) is 0 Å². The van der Waals surface area contributed by atoms with E-state index in [-0.39, 0.29) is 18.1 Å². The third-order valence-corrected chi connectivity index (χ3v) is 3.58. The monoisotopic (exact) mass is 294 g/mol. The maximum atomic E-state index is 12.0. The van der Waals surface area contributed by atoms with Crippen LogP contribution < -0.4 is 0 Å². The summed E-state index contributed by atoms with van der Waals surface area (Å²) in [7, 11) is 0. The molecule has 0 radical (unpaired) electrons. The molecule has 1 aromatic rings. The largest absolute Gasteiger partial charge is 0.461 e. The topological polar surface area (TPSA) is 80.0 Å². The van der Waals surface area contributed by atoms with Crippen molar-refractivity contribution in [3.05, 3.63) is 16.1 Å². The van der Waals surface area contributed by atoms with Crippen molar-refractivity contribution in [2.75, 3.05) is 6.61 Å². The molecule has 0 N–H and O–H groups in total. The van der Waals surface area contributed by atoms with E-state index in [0.717, 1.165) is 17.8 Å². The van der Waals surface area contributed by atoms with Crippen molar-refractivity contribution >= 4 is 23.1 Å². The zero-order valence-corrected chi connectivity index (χ0v) is 12.7. The van der Waals surface area contributed by atoms with Gasteiger partial charge in [-0.1, -0.05) is 13.8 Å². The van der Waals surface area contributed by atoms with Crippen LogP contribution in [0.25, 0.3) is 0 Å². The smallest absolute Gasteiger partial charge is 0.357 e. The number of hydrogen-bond donors (Lipinski definition) is 0. The first-order valence-electron chi connectivity index (χ1n) is 6.54. The molecule has 0 aliphatic rings. The van der Waals surface area contributed by atoms with Gasteiger partial charge in [-0.3, -0.25) is 4.79 Å². The third kappa shape index (κ3) is 4.42. The molecular formula is C14H18N2O3S. The fourth-order valence-electron chi connectivity index (χ4n) is 1.56. The minimum atomic E-state index is -0.887. The Morgan fingerprint density at radius 3 is 2.75 bits per heavy atom. The zero-order chi connectivity index (χ0) is 15.1. The second-order valence-electron chi connectivity index (χ2n) is 4.75. The van der Waals surface area contributed by atoms with Crippen molar-refractivity contribution in [1.82, 2.24) is 4.98 Å². The number of hydrogen-bond acceptors (Lipinski definition) is 6. The molecule has 0 aliphatic carbocycles. The number of nitrogens with zero attached hydrogens (tertiary/aromatic N) is 2. The Morgan fingerprint density at radius 2 is 2.20 bits per heavy atom. The van der Waals surface area contributed by atoms with E-state index in [0.29, 0.717) is 17.3 Å². The second-order valence-corrected chi connectivity index (χ2v) is 5.64. The summed E-state index contributed by atoms with van der Waals surface area (Å²) in [6, 6.07) is 1.97. The SMILES string of the molecule is CCOC(=O)c1csc(C(C#N)C(=O)CCC(C)C)n1. The van der Waals surface area contributed by atoms with Gasteiger partial charge in [0, 0.05) is 11.8 Å². The molecule has 1 heterocycles. The molecule has 0 fully saturated rings. The van der Waals surface area contributed by atoms with Crippen molar-refractivity contribution in [2.45, 2.75) is 39.5 Å². The molecule has 0 aromatic carbocycles. The van der Waals surface area contributed by atoms with Crippen molar-refractivity contribution < 1.29 is 14.3 Å². The van der Waals surface area contributed by atoms with Gasteiger partial charge in [0.15, 0.2) is 17.4 Å². The Labute approximate surface area is 122 Å². The maximum Gasteiger partial charge on any atom is 0.357 e. The fraction of sp³-hybridized carbons (Fsp3) is 0.571. The van der Waals surface area contributed by atoms with Gasteiger partial charge < -0.3 is 4.74 Å². The molecule has 0 bridgehead atoms. The van der Waals surface area contributed by atoms with E-state index in [1.54, 1.807) is 6.92 Å². The molecule has 108 valence electrons. The molecule has 0 amide bonds. The first-order chi connectivity index (χ1) is 9.49. The van der Waals surface area contributed by atoms with Crippen LogP contribution in [-0.2, 0) is 9.53 Å². The predicted octanol–water partition coefficient (Wildman–Crippen LogP) is 2.93. The molecular weight excluding hydrogens is 276 g/mol. The van der Waals surface area contributed by atoms with Crippen LogP contribution in [0.1, 0.15) is 55.0 Å². The van der Waals surface area contributed by atoms with Crippen LogP contribution in [0.5, 0.6) is 0 Å². The molecule has 6 heteroatoms. The molecule has 1 rings (SSSR count). The molecule has 5 nitrogen and oxygen atoms in total. The zero-order valence-electron chi connectivity index (χ0n) is 11.9. The van der Waals surface area contributed by atoms with Gasteiger partial charge in [-0.2, -0.15) is 5.26 Å². The van der Waals surface area contributed by atoms with Crippen LogP contribution in [0.4, 0.5) is 0 Å². The lowest BCUT2D eigenvalue weighted by atomic mass is 9.98. The molecule has 0 spiro atoms. The van der Waals surface area contributed by atoms with Gasteiger partial charge in [0.2, 0.25) is 0 Å². The third-order valence-electron chi connectivity index (χ3n) is 2.67. The Balaban J connectivity index is 2.78. The van der Waals surface area contributed by atoms with Crippen molar-refractivity contribution in [3.8, 4) is 6.07 Å². The first kappa shape index (κ1) is 16.3. The number of carbonyl (C=O) groups is 2. The van der Waals surface area contributed by atoms with Gasteiger partial charge in [-0.15, -0.1) is 11.3 Å². The summed E-state index contributed by atoms with van der Waals surface area (Å²) in [5.41, 5.74) is 0.156. The standard InChI is InChI=1S/C14H18N2O3S/c1-4-19-14(18)11-8-20-13(16-11)10(7-15)12(17)6-5-9(2)3/h8-10H,4-6H2,1-3H3.